The number of fused-ring (bicyclic) bond motifs is 4. The van der Waals surface area contributed by atoms with Crippen molar-refractivity contribution in [3.63, 3.8) is 0 Å². The van der Waals surface area contributed by atoms with Gasteiger partial charge in [-0.25, -0.2) is 0 Å². The standard InChI is InChI=1S/C24H18O2/c1-25-23-19-11-15-7-3-5-9-17(15)13-21(19)24(26-2)22-14-18-10-6-4-8-16(18)12-20(22)23/h3-14H,1-2H3. The topological polar surface area (TPSA) is 18.5 Å². The Kier molecular flexibility index (Phi) is 3.26. The lowest BCUT2D eigenvalue weighted by atomic mass is 9.95. The Hall–Kier alpha value is -3.26. The molecule has 2 nitrogen and oxygen atoms in total. The smallest absolute Gasteiger partial charge is 0.134 e. The van der Waals surface area contributed by atoms with E-state index in [-0.39, 0.29) is 0 Å². The van der Waals surface area contributed by atoms with E-state index in [2.05, 4.69) is 72.8 Å². The van der Waals surface area contributed by atoms with Crippen LogP contribution in [0.1, 0.15) is 0 Å². The van der Waals surface area contributed by atoms with E-state index in [4.69, 9.17) is 9.47 Å². The summed E-state index contributed by atoms with van der Waals surface area (Å²) in [5.74, 6) is 1.79. The zero-order valence-corrected chi connectivity index (χ0v) is 14.7. The van der Waals surface area contributed by atoms with Gasteiger partial charge in [-0.05, 0) is 45.8 Å². The molecule has 0 amide bonds. The van der Waals surface area contributed by atoms with E-state index in [0.717, 1.165) is 33.0 Å². The zero-order chi connectivity index (χ0) is 17.7. The van der Waals surface area contributed by atoms with Crippen molar-refractivity contribution in [1.82, 2.24) is 0 Å². The van der Waals surface area contributed by atoms with Gasteiger partial charge < -0.3 is 9.47 Å². The summed E-state index contributed by atoms with van der Waals surface area (Å²) in [5, 5.41) is 9.08. The van der Waals surface area contributed by atoms with Gasteiger partial charge in [0.05, 0.1) is 14.2 Å². The molecule has 0 aliphatic rings. The highest BCUT2D eigenvalue weighted by molar-refractivity contribution is 6.17. The van der Waals surface area contributed by atoms with Gasteiger partial charge in [0.1, 0.15) is 11.5 Å². The maximum atomic E-state index is 5.88. The van der Waals surface area contributed by atoms with Gasteiger partial charge in [-0.1, -0.05) is 48.5 Å². The van der Waals surface area contributed by atoms with Crippen LogP contribution in [0.5, 0.6) is 11.5 Å². The van der Waals surface area contributed by atoms with Gasteiger partial charge in [-0.15, -0.1) is 0 Å². The maximum Gasteiger partial charge on any atom is 0.134 e. The fraction of sp³-hybridized carbons (Fsp3) is 0.0833. The molecule has 0 aromatic heterocycles. The molecular formula is C24H18O2. The average molecular weight is 338 g/mol. The first-order valence-corrected chi connectivity index (χ1v) is 8.69. The monoisotopic (exact) mass is 338 g/mol. The molecule has 0 heterocycles. The highest BCUT2D eigenvalue weighted by Gasteiger charge is 2.16. The van der Waals surface area contributed by atoms with Crippen molar-refractivity contribution >= 4 is 43.1 Å². The third-order valence-electron chi connectivity index (χ3n) is 5.16. The van der Waals surface area contributed by atoms with Crippen LogP contribution in [0.3, 0.4) is 0 Å². The second kappa shape index (κ2) is 5.63. The third kappa shape index (κ3) is 2.05. The van der Waals surface area contributed by atoms with Gasteiger partial charge in [0, 0.05) is 21.5 Å². The Labute approximate surface area is 151 Å². The summed E-state index contributed by atoms with van der Waals surface area (Å²) in [6.07, 6.45) is 0. The summed E-state index contributed by atoms with van der Waals surface area (Å²) in [4.78, 5) is 0. The maximum absolute atomic E-state index is 5.88. The van der Waals surface area contributed by atoms with E-state index in [1.807, 2.05) is 0 Å². The first kappa shape index (κ1) is 15.0. The number of rotatable bonds is 2. The molecule has 0 aliphatic heterocycles. The normalized spacial score (nSPS) is 11.5. The molecule has 0 aliphatic carbocycles. The van der Waals surface area contributed by atoms with E-state index in [1.54, 1.807) is 14.2 Å². The van der Waals surface area contributed by atoms with Gasteiger partial charge >= 0.3 is 0 Å². The predicted molar refractivity (Wildman–Crippen MR) is 110 cm³/mol. The summed E-state index contributed by atoms with van der Waals surface area (Å²) in [5.41, 5.74) is 0. The number of methoxy groups -OCH3 is 2. The van der Waals surface area contributed by atoms with Crippen LogP contribution < -0.4 is 9.47 Å². The number of hydrogen-bond acceptors (Lipinski definition) is 2. The Morgan fingerprint density at radius 1 is 0.462 bits per heavy atom. The number of hydrogen-bond donors (Lipinski definition) is 0. The highest BCUT2D eigenvalue weighted by Crippen LogP contribution is 2.45. The predicted octanol–water partition coefficient (Wildman–Crippen LogP) is 6.32. The molecule has 0 spiro atoms. The molecule has 26 heavy (non-hydrogen) atoms. The summed E-state index contributed by atoms with van der Waals surface area (Å²) in [7, 11) is 3.48. The van der Waals surface area contributed by atoms with Crippen molar-refractivity contribution < 1.29 is 9.47 Å². The van der Waals surface area contributed by atoms with Gasteiger partial charge in [0.15, 0.2) is 0 Å². The van der Waals surface area contributed by atoms with Crippen LogP contribution in [-0.4, -0.2) is 14.2 Å². The molecule has 5 aromatic rings. The van der Waals surface area contributed by atoms with Gasteiger partial charge in [-0.3, -0.25) is 0 Å². The molecule has 2 heteroatoms. The zero-order valence-electron chi connectivity index (χ0n) is 14.7. The van der Waals surface area contributed by atoms with E-state index >= 15 is 0 Å². The van der Waals surface area contributed by atoms with Crippen LogP contribution in [0.25, 0.3) is 43.1 Å². The number of benzene rings is 5. The lowest BCUT2D eigenvalue weighted by molar-refractivity contribution is 0.418. The van der Waals surface area contributed by atoms with Crippen molar-refractivity contribution in [3.8, 4) is 11.5 Å². The van der Waals surface area contributed by atoms with E-state index in [0.29, 0.717) is 0 Å². The molecule has 5 rings (SSSR count). The SMILES string of the molecule is COc1c2cc3ccccc3cc2c(OC)c2cc3ccccc3cc12. The van der Waals surface area contributed by atoms with E-state index < -0.39 is 0 Å². The van der Waals surface area contributed by atoms with Crippen molar-refractivity contribution in [3.05, 3.63) is 72.8 Å². The van der Waals surface area contributed by atoms with Crippen LogP contribution in [0.15, 0.2) is 72.8 Å². The number of ether oxygens (including phenoxy) is 2. The Bertz CT molecular complexity index is 1100. The molecule has 0 N–H and O–H groups in total. The summed E-state index contributed by atoms with van der Waals surface area (Å²) >= 11 is 0. The minimum absolute atomic E-state index is 0.896. The lowest BCUT2D eigenvalue weighted by Gasteiger charge is -2.16. The molecule has 0 bridgehead atoms. The van der Waals surface area contributed by atoms with Gasteiger partial charge in [0.2, 0.25) is 0 Å². The summed E-state index contributed by atoms with van der Waals surface area (Å²) < 4.78 is 11.8. The van der Waals surface area contributed by atoms with Crippen LogP contribution in [-0.2, 0) is 0 Å². The fourth-order valence-electron chi connectivity index (χ4n) is 3.96. The van der Waals surface area contributed by atoms with Crippen molar-refractivity contribution in [2.75, 3.05) is 14.2 Å². The first-order valence-electron chi connectivity index (χ1n) is 8.69. The van der Waals surface area contributed by atoms with Crippen molar-refractivity contribution in [2.24, 2.45) is 0 Å². The molecular weight excluding hydrogens is 320 g/mol. The molecule has 0 saturated carbocycles. The molecule has 0 atom stereocenters. The quantitative estimate of drug-likeness (QED) is 0.351. The molecule has 0 radical (unpaired) electrons. The van der Waals surface area contributed by atoms with Gasteiger partial charge in [0.25, 0.3) is 0 Å². The van der Waals surface area contributed by atoms with Crippen LogP contribution in [0.2, 0.25) is 0 Å². The minimum Gasteiger partial charge on any atom is -0.495 e. The van der Waals surface area contributed by atoms with E-state index in [1.165, 1.54) is 21.5 Å². The lowest BCUT2D eigenvalue weighted by Crippen LogP contribution is -1.93. The average Bonchev–Trinajstić information content (AvgIpc) is 2.69. The van der Waals surface area contributed by atoms with Gasteiger partial charge in [-0.2, -0.15) is 0 Å². The molecule has 0 saturated heterocycles. The molecule has 0 unspecified atom stereocenters. The van der Waals surface area contributed by atoms with Crippen LogP contribution in [0.4, 0.5) is 0 Å². The fourth-order valence-corrected chi connectivity index (χ4v) is 3.96. The second-order valence-electron chi connectivity index (χ2n) is 6.56. The van der Waals surface area contributed by atoms with Crippen molar-refractivity contribution in [2.45, 2.75) is 0 Å². The van der Waals surface area contributed by atoms with Crippen molar-refractivity contribution in [1.29, 1.82) is 0 Å². The summed E-state index contributed by atoms with van der Waals surface area (Å²) in [6.45, 7) is 0. The Morgan fingerprint density at radius 2 is 0.731 bits per heavy atom. The second-order valence-corrected chi connectivity index (χ2v) is 6.56. The van der Waals surface area contributed by atoms with Crippen LogP contribution in [0, 0.1) is 0 Å². The minimum atomic E-state index is 0.896. The third-order valence-corrected chi connectivity index (χ3v) is 5.16. The molecule has 0 fully saturated rings. The summed E-state index contributed by atoms with van der Waals surface area (Å²) in [6, 6.07) is 25.5. The van der Waals surface area contributed by atoms with E-state index in [9.17, 15) is 0 Å². The molecule has 126 valence electrons. The first-order chi connectivity index (χ1) is 12.8. The molecule has 5 aromatic carbocycles. The highest BCUT2D eigenvalue weighted by atomic mass is 16.5. The Morgan fingerprint density at radius 3 is 0.962 bits per heavy atom. The largest absolute Gasteiger partial charge is 0.495 e. The Balaban J connectivity index is 2.06. The van der Waals surface area contributed by atoms with Crippen LogP contribution >= 0.6 is 0 Å².